The lowest BCUT2D eigenvalue weighted by Crippen LogP contribution is -2.36. The lowest BCUT2D eigenvalue weighted by Gasteiger charge is -2.19. The lowest BCUT2D eigenvalue weighted by molar-refractivity contribution is -0.122. The highest BCUT2D eigenvalue weighted by molar-refractivity contribution is 5.79. The first-order valence-electron chi connectivity index (χ1n) is 8.25. The molecule has 6 heteroatoms. The largest absolute Gasteiger partial charge is 0.348 e. The Bertz CT molecular complexity index is 914. The number of benzene rings is 2. The molecule has 0 spiro atoms. The molecule has 0 saturated carbocycles. The third kappa shape index (κ3) is 4.36. The third-order valence-electron chi connectivity index (χ3n) is 4.13. The molecule has 1 amide bonds. The van der Waals surface area contributed by atoms with Gasteiger partial charge in [-0.2, -0.15) is 0 Å². The predicted octanol–water partition coefficient (Wildman–Crippen LogP) is 2.17. The summed E-state index contributed by atoms with van der Waals surface area (Å²) in [7, 11) is 1.92. The Kier molecular flexibility index (Phi) is 5.00. The van der Waals surface area contributed by atoms with Crippen LogP contribution in [0.15, 0.2) is 53.3 Å². The van der Waals surface area contributed by atoms with Gasteiger partial charge in [-0.1, -0.05) is 36.4 Å². The maximum atomic E-state index is 12.3. The number of carbonyl (C=O) groups is 1. The number of nitrogens with zero attached hydrogens (tertiary/aromatic N) is 1. The molecule has 0 radical (unpaired) electrons. The smallest absolute Gasteiger partial charge is 0.323 e. The summed E-state index contributed by atoms with van der Waals surface area (Å²) < 4.78 is 0. The number of carbonyl (C=O) groups excluding carboxylic acids is 1. The van der Waals surface area contributed by atoms with Crippen molar-refractivity contribution in [1.82, 2.24) is 20.2 Å². The number of aromatic amines is 2. The van der Waals surface area contributed by atoms with Crippen LogP contribution in [0.3, 0.4) is 0 Å². The molecule has 1 unspecified atom stereocenters. The van der Waals surface area contributed by atoms with Gasteiger partial charge >= 0.3 is 5.69 Å². The van der Waals surface area contributed by atoms with Crippen LogP contribution in [0, 0.1) is 0 Å². The maximum absolute atomic E-state index is 12.3. The standard InChI is InChI=1S/C19H22N4O2/c1-13(15-8-9-16-17(10-15)22-19(25)21-16)20-18(24)12-23(2)11-14-6-4-3-5-7-14/h3-10,13H,11-12H2,1-2H3,(H,20,24)(H2,21,22,25). The zero-order chi connectivity index (χ0) is 17.8. The first-order chi connectivity index (χ1) is 12.0. The molecule has 0 bridgehead atoms. The van der Waals surface area contributed by atoms with E-state index in [-0.39, 0.29) is 17.6 Å². The van der Waals surface area contributed by atoms with Crippen LogP contribution in [-0.4, -0.2) is 34.4 Å². The normalized spacial score (nSPS) is 12.4. The summed E-state index contributed by atoms with van der Waals surface area (Å²) in [5.74, 6) is -0.0337. The molecule has 3 N–H and O–H groups in total. The van der Waals surface area contributed by atoms with Gasteiger partial charge < -0.3 is 15.3 Å². The van der Waals surface area contributed by atoms with Gasteiger partial charge in [-0.3, -0.25) is 9.69 Å². The van der Waals surface area contributed by atoms with Gasteiger partial charge in [0.25, 0.3) is 0 Å². The van der Waals surface area contributed by atoms with Gasteiger partial charge in [-0.15, -0.1) is 0 Å². The van der Waals surface area contributed by atoms with E-state index in [1.165, 1.54) is 5.56 Å². The summed E-state index contributed by atoms with van der Waals surface area (Å²) in [4.78, 5) is 31.0. The Morgan fingerprint density at radius 3 is 2.60 bits per heavy atom. The van der Waals surface area contributed by atoms with E-state index in [4.69, 9.17) is 0 Å². The molecular formula is C19H22N4O2. The molecule has 0 aliphatic heterocycles. The van der Waals surface area contributed by atoms with Gasteiger partial charge in [0.05, 0.1) is 23.6 Å². The summed E-state index contributed by atoms with van der Waals surface area (Å²) in [6.45, 7) is 2.97. The van der Waals surface area contributed by atoms with Crippen molar-refractivity contribution >= 4 is 16.9 Å². The molecule has 3 aromatic rings. The van der Waals surface area contributed by atoms with Crippen molar-refractivity contribution in [3.8, 4) is 0 Å². The Morgan fingerprint density at radius 2 is 1.84 bits per heavy atom. The van der Waals surface area contributed by atoms with Crippen LogP contribution in [0.5, 0.6) is 0 Å². The van der Waals surface area contributed by atoms with Gasteiger partial charge in [0.1, 0.15) is 0 Å². The third-order valence-corrected chi connectivity index (χ3v) is 4.13. The van der Waals surface area contributed by atoms with Crippen molar-refractivity contribution in [2.75, 3.05) is 13.6 Å². The molecule has 0 aliphatic carbocycles. The Balaban J connectivity index is 1.58. The highest BCUT2D eigenvalue weighted by atomic mass is 16.2. The van der Waals surface area contributed by atoms with Crippen molar-refractivity contribution in [3.63, 3.8) is 0 Å². The Morgan fingerprint density at radius 1 is 1.12 bits per heavy atom. The molecule has 1 heterocycles. The topological polar surface area (TPSA) is 81.0 Å². The van der Waals surface area contributed by atoms with E-state index in [9.17, 15) is 9.59 Å². The Hall–Kier alpha value is -2.86. The van der Waals surface area contributed by atoms with Gasteiger partial charge in [0.2, 0.25) is 5.91 Å². The number of fused-ring (bicyclic) bond motifs is 1. The van der Waals surface area contributed by atoms with Gasteiger partial charge in [0, 0.05) is 6.54 Å². The number of H-pyrrole nitrogens is 2. The van der Waals surface area contributed by atoms with Crippen LogP contribution in [-0.2, 0) is 11.3 Å². The van der Waals surface area contributed by atoms with E-state index in [0.717, 1.165) is 23.1 Å². The molecule has 130 valence electrons. The molecule has 0 fully saturated rings. The van der Waals surface area contributed by atoms with Gasteiger partial charge in [0.15, 0.2) is 0 Å². The fourth-order valence-corrected chi connectivity index (χ4v) is 2.89. The second-order valence-corrected chi connectivity index (χ2v) is 6.33. The van der Waals surface area contributed by atoms with Crippen LogP contribution in [0.25, 0.3) is 11.0 Å². The van der Waals surface area contributed by atoms with Crippen LogP contribution in [0.4, 0.5) is 0 Å². The minimum Gasteiger partial charge on any atom is -0.348 e. The fraction of sp³-hybridized carbons (Fsp3) is 0.263. The molecule has 0 aliphatic rings. The van der Waals surface area contributed by atoms with Crippen molar-refractivity contribution in [1.29, 1.82) is 0 Å². The minimum atomic E-state index is -0.230. The zero-order valence-electron chi connectivity index (χ0n) is 14.4. The minimum absolute atomic E-state index is 0.0337. The molecule has 25 heavy (non-hydrogen) atoms. The highest BCUT2D eigenvalue weighted by Gasteiger charge is 2.13. The van der Waals surface area contributed by atoms with E-state index in [1.807, 2.05) is 67.4 Å². The number of nitrogens with one attached hydrogen (secondary N) is 3. The fourth-order valence-electron chi connectivity index (χ4n) is 2.89. The highest BCUT2D eigenvalue weighted by Crippen LogP contribution is 2.17. The molecule has 6 nitrogen and oxygen atoms in total. The predicted molar refractivity (Wildman–Crippen MR) is 98.3 cm³/mol. The monoisotopic (exact) mass is 338 g/mol. The van der Waals surface area contributed by atoms with E-state index in [2.05, 4.69) is 15.3 Å². The molecular weight excluding hydrogens is 316 g/mol. The average molecular weight is 338 g/mol. The number of rotatable bonds is 6. The average Bonchev–Trinajstić information content (AvgIpc) is 2.94. The Labute approximate surface area is 145 Å². The van der Waals surface area contributed by atoms with E-state index < -0.39 is 0 Å². The van der Waals surface area contributed by atoms with Gasteiger partial charge in [-0.05, 0) is 37.2 Å². The summed E-state index contributed by atoms with van der Waals surface area (Å²) in [6.07, 6.45) is 0. The maximum Gasteiger partial charge on any atom is 0.323 e. The molecule has 1 atom stereocenters. The summed E-state index contributed by atoms with van der Waals surface area (Å²) >= 11 is 0. The molecule has 1 aromatic heterocycles. The van der Waals surface area contributed by atoms with Crippen molar-refractivity contribution in [3.05, 3.63) is 70.1 Å². The number of likely N-dealkylation sites (N-methyl/N-ethyl adjacent to an activating group) is 1. The van der Waals surface area contributed by atoms with Crippen molar-refractivity contribution in [2.24, 2.45) is 0 Å². The van der Waals surface area contributed by atoms with Crippen molar-refractivity contribution in [2.45, 2.75) is 19.5 Å². The SMILES string of the molecule is CC(NC(=O)CN(C)Cc1ccccc1)c1ccc2[nH]c(=O)[nH]c2c1. The van der Waals surface area contributed by atoms with E-state index in [1.54, 1.807) is 0 Å². The first kappa shape index (κ1) is 17.0. The number of hydrogen-bond donors (Lipinski definition) is 3. The molecule has 3 rings (SSSR count). The van der Waals surface area contributed by atoms with Crippen LogP contribution >= 0.6 is 0 Å². The lowest BCUT2D eigenvalue weighted by atomic mass is 10.1. The summed E-state index contributed by atoms with van der Waals surface area (Å²) in [6, 6.07) is 15.5. The number of aromatic nitrogens is 2. The van der Waals surface area contributed by atoms with Gasteiger partial charge in [-0.25, -0.2) is 4.79 Å². The number of amides is 1. The quantitative estimate of drug-likeness (QED) is 0.644. The van der Waals surface area contributed by atoms with Crippen LogP contribution in [0.2, 0.25) is 0 Å². The number of imidazole rings is 1. The van der Waals surface area contributed by atoms with Crippen LogP contribution in [0.1, 0.15) is 24.1 Å². The molecule has 2 aromatic carbocycles. The molecule has 0 saturated heterocycles. The second kappa shape index (κ2) is 7.36. The van der Waals surface area contributed by atoms with E-state index in [0.29, 0.717) is 6.54 Å². The zero-order valence-corrected chi connectivity index (χ0v) is 14.4. The summed E-state index contributed by atoms with van der Waals surface area (Å²) in [5, 5.41) is 3.00. The first-order valence-corrected chi connectivity index (χ1v) is 8.25. The van der Waals surface area contributed by atoms with Crippen molar-refractivity contribution < 1.29 is 4.79 Å². The van der Waals surface area contributed by atoms with Crippen LogP contribution < -0.4 is 11.0 Å². The second-order valence-electron chi connectivity index (χ2n) is 6.33. The summed E-state index contributed by atoms with van der Waals surface area (Å²) in [5.41, 5.74) is 3.39. The number of hydrogen-bond acceptors (Lipinski definition) is 3. The van der Waals surface area contributed by atoms with E-state index >= 15 is 0 Å².